The monoisotopic (exact) mass is 417 g/mol. The van der Waals surface area contributed by atoms with Crippen LogP contribution in [0.5, 0.6) is 0 Å². The van der Waals surface area contributed by atoms with Gasteiger partial charge in [-0.25, -0.2) is 4.39 Å². The molecule has 2 saturated heterocycles. The molecule has 2 unspecified atom stereocenters. The molecule has 1 amide bonds. The van der Waals surface area contributed by atoms with E-state index in [4.69, 9.17) is 12.6 Å². The van der Waals surface area contributed by atoms with Gasteiger partial charge in [-0.15, -0.1) is 0 Å². The van der Waals surface area contributed by atoms with Gasteiger partial charge in [0.2, 0.25) is 5.91 Å². The third kappa shape index (κ3) is 4.90. The Morgan fingerprint density at radius 1 is 1.24 bits per heavy atom. The molecule has 2 atom stereocenters. The summed E-state index contributed by atoms with van der Waals surface area (Å²) in [6, 6.07) is 6.11. The quantitative estimate of drug-likeness (QED) is 0.551. The molecule has 29 heavy (non-hydrogen) atoms. The molecule has 7 heteroatoms. The number of amides is 1. The molecule has 0 aromatic heterocycles. The van der Waals surface area contributed by atoms with Crippen molar-refractivity contribution in [1.82, 2.24) is 15.1 Å². The summed E-state index contributed by atoms with van der Waals surface area (Å²) in [5, 5.41) is 2.96. The third-order valence-corrected chi connectivity index (χ3v) is 6.64. The number of rotatable bonds is 6. The number of likely N-dealkylation sites (tertiary alicyclic amines) is 1. The minimum atomic E-state index is -0.534. The largest absolute Gasteiger partial charge is 0.354 e. The van der Waals surface area contributed by atoms with E-state index in [0.717, 1.165) is 37.9 Å². The fraction of sp³-hybridized carbons (Fsp3) is 0.545. The van der Waals surface area contributed by atoms with Crippen LogP contribution in [0.3, 0.4) is 0 Å². The predicted molar refractivity (Wildman–Crippen MR) is 113 cm³/mol. The van der Waals surface area contributed by atoms with Crippen molar-refractivity contribution in [3.8, 4) is 0 Å². The lowest BCUT2D eigenvalue weighted by atomic mass is 9.93. The lowest BCUT2D eigenvalue weighted by molar-refractivity contribution is -0.126. The zero-order chi connectivity index (χ0) is 20.4. The van der Waals surface area contributed by atoms with Gasteiger partial charge in [0.15, 0.2) is 5.78 Å². The summed E-state index contributed by atoms with van der Waals surface area (Å²) in [6.07, 6.45) is 4.78. The molecule has 4 rings (SSSR count). The average Bonchev–Trinajstić information content (AvgIpc) is 3.55. The molecular formula is C22H28FN3O2S. The van der Waals surface area contributed by atoms with E-state index in [0.29, 0.717) is 31.7 Å². The Hall–Kier alpha value is -1.70. The predicted octanol–water partition coefficient (Wildman–Crippen LogP) is 2.21. The second-order valence-electron chi connectivity index (χ2n) is 8.24. The Morgan fingerprint density at radius 2 is 2.03 bits per heavy atom. The maximum atomic E-state index is 14.6. The molecule has 1 aromatic carbocycles. The number of benzene rings is 1. The highest BCUT2D eigenvalue weighted by molar-refractivity contribution is 7.81. The summed E-state index contributed by atoms with van der Waals surface area (Å²) in [7, 11) is 0. The average molecular weight is 418 g/mol. The molecule has 5 nitrogen and oxygen atoms in total. The first kappa shape index (κ1) is 20.6. The van der Waals surface area contributed by atoms with Crippen LogP contribution in [-0.4, -0.2) is 66.0 Å². The molecule has 1 aromatic rings. The normalized spacial score (nSPS) is 26.3. The van der Waals surface area contributed by atoms with Crippen LogP contribution in [-0.2, 0) is 9.59 Å². The highest BCUT2D eigenvalue weighted by atomic mass is 32.1. The van der Waals surface area contributed by atoms with Crippen LogP contribution in [0.15, 0.2) is 35.9 Å². The number of piperidine rings is 1. The van der Waals surface area contributed by atoms with E-state index >= 15 is 0 Å². The Labute approximate surface area is 176 Å². The lowest BCUT2D eigenvalue weighted by Gasteiger charge is -2.38. The van der Waals surface area contributed by atoms with Gasteiger partial charge in [-0.1, -0.05) is 24.3 Å². The van der Waals surface area contributed by atoms with Gasteiger partial charge in [0.1, 0.15) is 5.82 Å². The van der Waals surface area contributed by atoms with Gasteiger partial charge in [0.25, 0.3) is 0 Å². The van der Waals surface area contributed by atoms with Crippen molar-refractivity contribution in [2.45, 2.75) is 30.6 Å². The number of thiol groups is 1. The number of halogens is 1. The molecule has 0 bridgehead atoms. The number of piperazine rings is 1. The second kappa shape index (κ2) is 8.98. The van der Waals surface area contributed by atoms with E-state index in [2.05, 4.69) is 21.2 Å². The molecule has 1 aliphatic carbocycles. The van der Waals surface area contributed by atoms with Crippen molar-refractivity contribution in [3.63, 3.8) is 0 Å². The second-order valence-corrected chi connectivity index (χ2v) is 8.86. The first-order valence-corrected chi connectivity index (χ1v) is 10.9. The van der Waals surface area contributed by atoms with E-state index in [1.54, 1.807) is 18.2 Å². The first-order chi connectivity index (χ1) is 14.0. The van der Waals surface area contributed by atoms with Crippen molar-refractivity contribution in [3.05, 3.63) is 47.3 Å². The van der Waals surface area contributed by atoms with Gasteiger partial charge >= 0.3 is 0 Å². The third-order valence-electron chi connectivity index (χ3n) is 6.05. The SMILES string of the molecule is O=C1CN(C/C=C2\CN(C(C(=O)C3CC3)c3ccccc3F)CCC2S)CCN1. The number of Topliss-reactive ketones (excluding diaryl/α,β-unsaturated/α-hetero) is 1. The Kier molecular flexibility index (Phi) is 6.37. The number of hydrogen-bond acceptors (Lipinski definition) is 5. The van der Waals surface area contributed by atoms with E-state index < -0.39 is 6.04 Å². The summed E-state index contributed by atoms with van der Waals surface area (Å²) >= 11 is 4.74. The Balaban J connectivity index is 1.52. The lowest BCUT2D eigenvalue weighted by Crippen LogP contribution is -2.47. The fourth-order valence-corrected chi connectivity index (χ4v) is 4.53. The number of ketones is 1. The number of carbonyl (C=O) groups excluding carboxylic acids is 2. The summed E-state index contributed by atoms with van der Waals surface area (Å²) in [5.41, 5.74) is 1.63. The van der Waals surface area contributed by atoms with E-state index in [1.807, 2.05) is 0 Å². The number of nitrogens with zero attached hydrogens (tertiary/aromatic N) is 2. The van der Waals surface area contributed by atoms with Crippen LogP contribution >= 0.6 is 12.6 Å². The zero-order valence-corrected chi connectivity index (χ0v) is 17.4. The zero-order valence-electron chi connectivity index (χ0n) is 16.5. The summed E-state index contributed by atoms with van der Waals surface area (Å²) < 4.78 is 14.6. The molecule has 3 aliphatic rings. The topological polar surface area (TPSA) is 52.7 Å². The summed E-state index contributed by atoms with van der Waals surface area (Å²) in [6.45, 7) is 3.91. The van der Waals surface area contributed by atoms with E-state index in [1.165, 1.54) is 6.07 Å². The van der Waals surface area contributed by atoms with Gasteiger partial charge in [-0.05, 0) is 30.9 Å². The maximum Gasteiger partial charge on any atom is 0.234 e. The van der Waals surface area contributed by atoms with Crippen LogP contribution in [0.2, 0.25) is 0 Å². The fourth-order valence-electron chi connectivity index (χ4n) is 4.22. The molecule has 1 saturated carbocycles. The summed E-state index contributed by atoms with van der Waals surface area (Å²) in [5.74, 6) is -0.0614. The minimum Gasteiger partial charge on any atom is -0.354 e. The van der Waals surface area contributed by atoms with Crippen molar-refractivity contribution in [2.75, 3.05) is 39.3 Å². The molecule has 2 aliphatic heterocycles. The van der Waals surface area contributed by atoms with Gasteiger partial charge in [0.05, 0.1) is 12.6 Å². The number of carbonyl (C=O) groups is 2. The van der Waals surface area contributed by atoms with Crippen LogP contribution in [0.25, 0.3) is 0 Å². The highest BCUT2D eigenvalue weighted by Gasteiger charge is 2.40. The van der Waals surface area contributed by atoms with Crippen molar-refractivity contribution < 1.29 is 14.0 Å². The molecule has 0 spiro atoms. The Morgan fingerprint density at radius 3 is 2.76 bits per heavy atom. The van der Waals surface area contributed by atoms with Gasteiger partial charge in [0, 0.05) is 49.5 Å². The van der Waals surface area contributed by atoms with Gasteiger partial charge in [-0.2, -0.15) is 12.6 Å². The number of hydrogen-bond donors (Lipinski definition) is 2. The van der Waals surface area contributed by atoms with Gasteiger partial charge in [-0.3, -0.25) is 19.4 Å². The van der Waals surface area contributed by atoms with Crippen molar-refractivity contribution >= 4 is 24.3 Å². The van der Waals surface area contributed by atoms with Crippen LogP contribution in [0.4, 0.5) is 4.39 Å². The molecular weight excluding hydrogens is 389 g/mol. The Bertz CT molecular complexity index is 811. The summed E-state index contributed by atoms with van der Waals surface area (Å²) in [4.78, 5) is 28.9. The highest BCUT2D eigenvalue weighted by Crippen LogP contribution is 2.39. The molecule has 2 heterocycles. The molecule has 3 fully saturated rings. The standard InChI is InChI=1S/C22H28FN3O2S/c23-18-4-2-1-3-17(18)21(22(28)15-5-6-15)26-11-8-19(29)16(13-26)7-10-25-12-9-24-20(27)14-25/h1-4,7,15,19,21,29H,5-6,8-14H2,(H,24,27)/b16-7+. The molecule has 156 valence electrons. The van der Waals surface area contributed by atoms with Gasteiger partial charge < -0.3 is 5.32 Å². The van der Waals surface area contributed by atoms with Crippen molar-refractivity contribution in [2.24, 2.45) is 5.92 Å². The number of nitrogens with one attached hydrogen (secondary N) is 1. The van der Waals surface area contributed by atoms with E-state index in [-0.39, 0.29) is 28.7 Å². The van der Waals surface area contributed by atoms with Crippen LogP contribution in [0, 0.1) is 11.7 Å². The van der Waals surface area contributed by atoms with Crippen LogP contribution < -0.4 is 5.32 Å². The minimum absolute atomic E-state index is 0.0528. The first-order valence-electron chi connectivity index (χ1n) is 10.4. The smallest absolute Gasteiger partial charge is 0.234 e. The van der Waals surface area contributed by atoms with Crippen molar-refractivity contribution in [1.29, 1.82) is 0 Å². The molecule has 0 radical (unpaired) electrons. The van der Waals surface area contributed by atoms with E-state index in [9.17, 15) is 14.0 Å². The van der Waals surface area contributed by atoms with Crippen LogP contribution in [0.1, 0.15) is 30.9 Å². The maximum absolute atomic E-state index is 14.6. The molecule has 1 N–H and O–H groups in total.